The van der Waals surface area contributed by atoms with Gasteiger partial charge >= 0.3 is 0 Å². The van der Waals surface area contributed by atoms with Crippen molar-refractivity contribution in [2.45, 2.75) is 0 Å². The van der Waals surface area contributed by atoms with E-state index in [-0.39, 0.29) is 0 Å². The topological polar surface area (TPSA) is 62.7 Å². The van der Waals surface area contributed by atoms with Gasteiger partial charge in [-0.1, -0.05) is 17.7 Å². The number of rotatable bonds is 1. The van der Waals surface area contributed by atoms with E-state index < -0.39 is 0 Å². The summed E-state index contributed by atoms with van der Waals surface area (Å²) in [5.74, 6) is 0. The molecule has 16 heavy (non-hydrogen) atoms. The molecular formula is C12H8ClN3. The molecule has 1 aromatic heterocycles. The molecule has 1 heterocycles. The van der Waals surface area contributed by atoms with Gasteiger partial charge in [-0.3, -0.25) is 4.98 Å². The zero-order valence-electron chi connectivity index (χ0n) is 8.31. The summed E-state index contributed by atoms with van der Waals surface area (Å²) < 4.78 is 0. The number of nitrogens with zero attached hydrogens (tertiary/aromatic N) is 2. The highest BCUT2D eigenvalue weighted by atomic mass is 35.5. The van der Waals surface area contributed by atoms with Crippen LogP contribution in [-0.2, 0) is 0 Å². The van der Waals surface area contributed by atoms with Crippen molar-refractivity contribution in [1.82, 2.24) is 4.98 Å². The van der Waals surface area contributed by atoms with E-state index in [0.29, 0.717) is 16.3 Å². The lowest BCUT2D eigenvalue weighted by Gasteiger charge is -2.06. The molecule has 0 atom stereocenters. The second-order valence-electron chi connectivity index (χ2n) is 3.25. The minimum Gasteiger partial charge on any atom is -0.398 e. The Kier molecular flexibility index (Phi) is 2.76. The molecule has 4 heteroatoms. The van der Waals surface area contributed by atoms with Gasteiger partial charge in [0.1, 0.15) is 6.07 Å². The van der Waals surface area contributed by atoms with Crippen molar-refractivity contribution < 1.29 is 0 Å². The van der Waals surface area contributed by atoms with E-state index in [1.165, 1.54) is 0 Å². The highest BCUT2D eigenvalue weighted by Gasteiger charge is 2.08. The Morgan fingerprint density at radius 1 is 1.31 bits per heavy atom. The van der Waals surface area contributed by atoms with E-state index in [1.54, 1.807) is 18.3 Å². The predicted molar refractivity (Wildman–Crippen MR) is 63.8 cm³/mol. The van der Waals surface area contributed by atoms with E-state index in [0.717, 1.165) is 11.3 Å². The molecular weight excluding hydrogens is 222 g/mol. The molecule has 2 rings (SSSR count). The summed E-state index contributed by atoms with van der Waals surface area (Å²) in [6, 6.07) is 10.7. The molecule has 0 aliphatic carbocycles. The van der Waals surface area contributed by atoms with Crippen molar-refractivity contribution in [1.29, 1.82) is 5.26 Å². The quantitative estimate of drug-likeness (QED) is 0.765. The molecule has 2 N–H and O–H groups in total. The minimum atomic E-state index is 0.374. The SMILES string of the molecule is N#Cc1cc(N)c(-c2ccccn2)cc1Cl. The van der Waals surface area contributed by atoms with Crippen LogP contribution >= 0.6 is 11.6 Å². The summed E-state index contributed by atoms with van der Waals surface area (Å²) in [6.07, 6.45) is 1.68. The third kappa shape index (κ3) is 1.83. The van der Waals surface area contributed by atoms with Crippen LogP contribution in [0.4, 0.5) is 5.69 Å². The average molecular weight is 230 g/mol. The number of pyridine rings is 1. The lowest BCUT2D eigenvalue weighted by atomic mass is 10.1. The largest absolute Gasteiger partial charge is 0.398 e. The molecule has 0 radical (unpaired) electrons. The number of halogens is 1. The fourth-order valence-corrected chi connectivity index (χ4v) is 1.63. The molecule has 0 unspecified atom stereocenters. The van der Waals surface area contributed by atoms with Gasteiger partial charge in [-0.05, 0) is 24.3 Å². The zero-order chi connectivity index (χ0) is 11.5. The van der Waals surface area contributed by atoms with Crippen molar-refractivity contribution in [3.63, 3.8) is 0 Å². The summed E-state index contributed by atoms with van der Waals surface area (Å²) in [4.78, 5) is 4.18. The van der Waals surface area contributed by atoms with Gasteiger partial charge in [0.05, 0.1) is 16.3 Å². The predicted octanol–water partition coefficient (Wildman–Crippen LogP) is 2.86. The second-order valence-corrected chi connectivity index (χ2v) is 3.65. The first-order chi connectivity index (χ1) is 7.72. The molecule has 3 nitrogen and oxygen atoms in total. The summed E-state index contributed by atoms with van der Waals surface area (Å²) in [6.45, 7) is 0. The van der Waals surface area contributed by atoms with Gasteiger partial charge in [-0.15, -0.1) is 0 Å². The van der Waals surface area contributed by atoms with Crippen LogP contribution in [0.25, 0.3) is 11.3 Å². The van der Waals surface area contributed by atoms with Crippen molar-refractivity contribution in [3.05, 3.63) is 47.1 Å². The van der Waals surface area contributed by atoms with Crippen LogP contribution in [0, 0.1) is 11.3 Å². The standard InChI is InChI=1S/C12H8ClN3/c13-10-6-9(11(15)5-8(10)7-14)12-3-1-2-4-16-12/h1-6H,15H2. The van der Waals surface area contributed by atoms with Crippen LogP contribution < -0.4 is 5.73 Å². The van der Waals surface area contributed by atoms with Gasteiger partial charge in [-0.25, -0.2) is 0 Å². The minimum absolute atomic E-state index is 0.374. The number of hydrogen-bond donors (Lipinski definition) is 1. The molecule has 2 aromatic rings. The molecule has 0 amide bonds. The second kappa shape index (κ2) is 4.21. The number of aromatic nitrogens is 1. The molecule has 0 aliphatic heterocycles. The third-order valence-corrected chi connectivity index (χ3v) is 2.51. The number of hydrogen-bond acceptors (Lipinski definition) is 3. The molecule has 0 aliphatic rings. The summed E-state index contributed by atoms with van der Waals surface area (Å²) in [5.41, 5.74) is 8.20. The maximum atomic E-state index is 8.80. The smallest absolute Gasteiger partial charge is 0.101 e. The molecule has 0 spiro atoms. The van der Waals surface area contributed by atoms with Crippen LogP contribution in [0.1, 0.15) is 5.56 Å². The molecule has 0 saturated carbocycles. The monoisotopic (exact) mass is 229 g/mol. The van der Waals surface area contributed by atoms with Gasteiger partial charge in [0, 0.05) is 17.4 Å². The van der Waals surface area contributed by atoms with Crippen LogP contribution in [0.15, 0.2) is 36.5 Å². The van der Waals surface area contributed by atoms with Crippen molar-refractivity contribution in [2.24, 2.45) is 0 Å². The van der Waals surface area contributed by atoms with Gasteiger partial charge in [-0.2, -0.15) is 5.26 Å². The van der Waals surface area contributed by atoms with E-state index in [1.807, 2.05) is 24.3 Å². The number of anilines is 1. The summed E-state index contributed by atoms with van der Waals surface area (Å²) >= 11 is 5.95. The Balaban J connectivity index is 2.60. The van der Waals surface area contributed by atoms with Gasteiger partial charge in [0.25, 0.3) is 0 Å². The number of benzene rings is 1. The van der Waals surface area contributed by atoms with Gasteiger partial charge < -0.3 is 5.73 Å². The van der Waals surface area contributed by atoms with Crippen LogP contribution in [0.3, 0.4) is 0 Å². The number of nitriles is 1. The van der Waals surface area contributed by atoms with Gasteiger partial charge in [0.15, 0.2) is 0 Å². The Labute approximate surface area is 98.1 Å². The first-order valence-corrected chi connectivity index (χ1v) is 5.00. The van der Waals surface area contributed by atoms with E-state index in [2.05, 4.69) is 4.98 Å². The van der Waals surface area contributed by atoms with Crippen LogP contribution in [0.2, 0.25) is 5.02 Å². The number of nitrogen functional groups attached to an aromatic ring is 1. The molecule has 0 saturated heterocycles. The van der Waals surface area contributed by atoms with E-state index >= 15 is 0 Å². The molecule has 0 fully saturated rings. The fraction of sp³-hybridized carbons (Fsp3) is 0. The Morgan fingerprint density at radius 2 is 2.12 bits per heavy atom. The maximum absolute atomic E-state index is 8.80. The maximum Gasteiger partial charge on any atom is 0.101 e. The third-order valence-electron chi connectivity index (χ3n) is 2.20. The average Bonchev–Trinajstić information content (AvgIpc) is 2.32. The molecule has 1 aromatic carbocycles. The summed E-state index contributed by atoms with van der Waals surface area (Å²) in [5, 5.41) is 9.19. The van der Waals surface area contributed by atoms with Crippen molar-refractivity contribution in [3.8, 4) is 17.3 Å². The Hall–Kier alpha value is -2.05. The normalized spacial score (nSPS) is 9.75. The van der Waals surface area contributed by atoms with Crippen molar-refractivity contribution >= 4 is 17.3 Å². The zero-order valence-corrected chi connectivity index (χ0v) is 9.07. The Bertz CT molecular complexity index is 558. The molecule has 0 bridgehead atoms. The fourth-order valence-electron chi connectivity index (χ4n) is 1.42. The highest BCUT2D eigenvalue weighted by molar-refractivity contribution is 6.32. The Morgan fingerprint density at radius 3 is 2.75 bits per heavy atom. The van der Waals surface area contributed by atoms with Gasteiger partial charge in [0.2, 0.25) is 0 Å². The lowest BCUT2D eigenvalue weighted by Crippen LogP contribution is -1.93. The van der Waals surface area contributed by atoms with E-state index in [9.17, 15) is 0 Å². The van der Waals surface area contributed by atoms with Crippen LogP contribution in [-0.4, -0.2) is 4.98 Å². The first-order valence-electron chi connectivity index (χ1n) is 4.63. The van der Waals surface area contributed by atoms with Crippen molar-refractivity contribution in [2.75, 3.05) is 5.73 Å². The van der Waals surface area contributed by atoms with Crippen LogP contribution in [0.5, 0.6) is 0 Å². The summed E-state index contributed by atoms with van der Waals surface area (Å²) in [7, 11) is 0. The first kappa shape index (κ1) is 10.5. The highest BCUT2D eigenvalue weighted by Crippen LogP contribution is 2.29. The lowest BCUT2D eigenvalue weighted by molar-refractivity contribution is 1.33. The van der Waals surface area contributed by atoms with E-state index in [4.69, 9.17) is 22.6 Å². The number of nitrogens with two attached hydrogens (primary N) is 1. The molecule has 78 valence electrons.